The number of anilines is 1. The first kappa shape index (κ1) is 35.3. The lowest BCUT2D eigenvalue weighted by molar-refractivity contribution is -0.0380. The van der Waals surface area contributed by atoms with Crippen LogP contribution in [0.2, 0.25) is 0 Å². The van der Waals surface area contributed by atoms with Gasteiger partial charge in [0.1, 0.15) is 5.60 Å². The van der Waals surface area contributed by atoms with Gasteiger partial charge in [-0.05, 0) is 60.2 Å². The molecule has 1 amide bonds. The van der Waals surface area contributed by atoms with Gasteiger partial charge in [0, 0.05) is 68.0 Å². The molecule has 0 saturated carbocycles. The lowest BCUT2D eigenvalue weighted by Crippen LogP contribution is -2.54. The summed E-state index contributed by atoms with van der Waals surface area (Å²) in [5, 5.41) is 0. The Balaban J connectivity index is 1.07. The van der Waals surface area contributed by atoms with Gasteiger partial charge in [0.05, 0.1) is 37.6 Å². The van der Waals surface area contributed by atoms with Crippen LogP contribution in [0.1, 0.15) is 70.7 Å². The van der Waals surface area contributed by atoms with Crippen molar-refractivity contribution in [2.24, 2.45) is 0 Å². The summed E-state index contributed by atoms with van der Waals surface area (Å²) in [6.07, 6.45) is 8.92. The molecule has 3 aromatic rings. The summed E-state index contributed by atoms with van der Waals surface area (Å²) in [6.45, 7) is 11.5. The molecule has 0 spiro atoms. The maximum Gasteiger partial charge on any atom is 0.410 e. The van der Waals surface area contributed by atoms with Crippen molar-refractivity contribution in [2.45, 2.75) is 77.5 Å². The first-order chi connectivity index (χ1) is 23.0. The maximum atomic E-state index is 14.8. The van der Waals surface area contributed by atoms with Gasteiger partial charge in [-0.2, -0.15) is 4.39 Å². The van der Waals surface area contributed by atoms with Gasteiger partial charge in [-0.1, -0.05) is 12.8 Å². The molecule has 2 atom stereocenters. The number of aromatic nitrogens is 4. The second kappa shape index (κ2) is 16.0. The molecule has 0 radical (unpaired) electrons. The van der Waals surface area contributed by atoms with Gasteiger partial charge in [0.15, 0.2) is 23.2 Å². The number of hydrogen-bond acceptors (Lipinski definition) is 10. The largest absolute Gasteiger partial charge is 0.490 e. The number of likely N-dealkylation sites (N-methyl/N-ethyl adjacent to an activating group) is 1. The van der Waals surface area contributed by atoms with Crippen LogP contribution in [0.5, 0.6) is 5.75 Å². The molecular formula is C35H47F2N7O4. The normalized spacial score (nSPS) is 18.2. The van der Waals surface area contributed by atoms with Gasteiger partial charge >= 0.3 is 6.09 Å². The maximum absolute atomic E-state index is 14.8. The number of benzene rings is 1. The highest BCUT2D eigenvalue weighted by molar-refractivity contribution is 5.68. The molecule has 1 saturated heterocycles. The molecule has 1 fully saturated rings. The Bertz CT molecular complexity index is 1520. The Hall–Kier alpha value is -3.97. The van der Waals surface area contributed by atoms with Crippen molar-refractivity contribution in [3.8, 4) is 17.4 Å². The van der Waals surface area contributed by atoms with E-state index in [1.807, 2.05) is 39.6 Å². The molecule has 1 unspecified atom stereocenters. The van der Waals surface area contributed by atoms with Crippen LogP contribution in [0.4, 0.5) is 19.3 Å². The molecule has 48 heavy (non-hydrogen) atoms. The van der Waals surface area contributed by atoms with Crippen LogP contribution in [0, 0.1) is 11.6 Å². The molecule has 0 aliphatic carbocycles. The molecule has 260 valence electrons. The average molecular weight is 668 g/mol. The number of ether oxygens (including phenoxy) is 3. The van der Waals surface area contributed by atoms with E-state index in [1.54, 1.807) is 35.6 Å². The summed E-state index contributed by atoms with van der Waals surface area (Å²) < 4.78 is 46.5. The van der Waals surface area contributed by atoms with E-state index in [4.69, 9.17) is 14.2 Å². The Labute approximate surface area is 281 Å². The number of rotatable bonds is 12. The van der Waals surface area contributed by atoms with Crippen LogP contribution in [0.25, 0.3) is 11.6 Å². The lowest BCUT2D eigenvalue weighted by atomic mass is 9.98. The van der Waals surface area contributed by atoms with Crippen molar-refractivity contribution in [2.75, 3.05) is 57.9 Å². The fourth-order valence-corrected chi connectivity index (χ4v) is 6.10. The fraction of sp³-hybridized carbons (Fsp3) is 0.571. The van der Waals surface area contributed by atoms with Crippen LogP contribution >= 0.6 is 0 Å². The van der Waals surface area contributed by atoms with Crippen molar-refractivity contribution in [1.29, 1.82) is 0 Å². The molecule has 1 aromatic carbocycles. The summed E-state index contributed by atoms with van der Waals surface area (Å²) in [7, 11) is 2.04. The van der Waals surface area contributed by atoms with E-state index in [2.05, 4.69) is 24.8 Å². The molecule has 5 rings (SSSR count). The van der Waals surface area contributed by atoms with Gasteiger partial charge in [-0.3, -0.25) is 4.90 Å². The van der Waals surface area contributed by atoms with Crippen molar-refractivity contribution < 1.29 is 27.8 Å². The van der Waals surface area contributed by atoms with Gasteiger partial charge in [0.25, 0.3) is 0 Å². The van der Waals surface area contributed by atoms with Crippen molar-refractivity contribution in [1.82, 2.24) is 29.7 Å². The van der Waals surface area contributed by atoms with E-state index < -0.39 is 17.2 Å². The minimum Gasteiger partial charge on any atom is -0.490 e. The Kier molecular flexibility index (Phi) is 11.7. The van der Waals surface area contributed by atoms with Crippen LogP contribution in [-0.4, -0.2) is 101 Å². The van der Waals surface area contributed by atoms with Gasteiger partial charge in [-0.15, -0.1) is 0 Å². The third-order valence-electron chi connectivity index (χ3n) is 8.55. The summed E-state index contributed by atoms with van der Waals surface area (Å²) in [5.74, 6) is -1.08. The number of carbonyl (C=O) groups is 1. The van der Waals surface area contributed by atoms with Crippen molar-refractivity contribution in [3.05, 3.63) is 59.7 Å². The highest BCUT2D eigenvalue weighted by Crippen LogP contribution is 2.36. The molecule has 2 aliphatic rings. The first-order valence-electron chi connectivity index (χ1n) is 16.8. The van der Waals surface area contributed by atoms with E-state index in [0.717, 1.165) is 43.5 Å². The number of morpholine rings is 1. The van der Waals surface area contributed by atoms with Gasteiger partial charge in [0.2, 0.25) is 5.82 Å². The number of halogens is 2. The smallest absolute Gasteiger partial charge is 0.410 e. The number of fused-ring (bicyclic) bond motifs is 1. The third kappa shape index (κ3) is 9.13. The molecule has 0 bridgehead atoms. The second-order valence-electron chi connectivity index (χ2n) is 13.5. The molecule has 2 aromatic heterocycles. The molecule has 13 heteroatoms. The van der Waals surface area contributed by atoms with Crippen LogP contribution < -0.4 is 9.64 Å². The fourth-order valence-electron chi connectivity index (χ4n) is 6.10. The Morgan fingerprint density at radius 2 is 1.83 bits per heavy atom. The van der Waals surface area contributed by atoms with Crippen molar-refractivity contribution >= 4 is 11.8 Å². The molecule has 0 N–H and O–H groups in total. The van der Waals surface area contributed by atoms with Crippen molar-refractivity contribution in [3.63, 3.8) is 0 Å². The number of nitrogens with zero attached hydrogens (tertiary/aromatic N) is 7. The van der Waals surface area contributed by atoms with E-state index in [-0.39, 0.29) is 30.5 Å². The highest BCUT2D eigenvalue weighted by Gasteiger charge is 2.32. The predicted octanol–water partition coefficient (Wildman–Crippen LogP) is 5.84. The quantitative estimate of drug-likeness (QED) is 0.219. The molecule has 2 aliphatic heterocycles. The van der Waals surface area contributed by atoms with E-state index in [1.165, 1.54) is 6.07 Å². The molecule has 11 nitrogen and oxygen atoms in total. The average Bonchev–Trinajstić information content (AvgIpc) is 3.06. The van der Waals surface area contributed by atoms with Crippen LogP contribution in [0.15, 0.2) is 36.8 Å². The van der Waals surface area contributed by atoms with E-state index >= 15 is 0 Å². The number of hydrogen-bond donors (Lipinski definition) is 0. The van der Waals surface area contributed by atoms with Crippen LogP contribution in [0.3, 0.4) is 0 Å². The SMILES string of the molecule is CC1c2cnc(-c3ncccn3)nc2CCN1c1cc(F)c(F)c(OCCCCCCN(C)C[C@@H]2COCCN2C(=O)OC(C)(C)C)c1. The number of unbranched alkanes of at least 4 members (excludes halogenated alkanes) is 3. The molecule has 4 heterocycles. The Morgan fingerprint density at radius 3 is 2.60 bits per heavy atom. The standard InChI is InChI=1S/C35H47F2N7O4/c1-24-27-21-40-33(32-38-12-10-13-39-32)41-29(27)11-15-43(24)25-19-28(36)31(37)30(20-25)47-17-9-7-6-8-14-42(5)22-26-23-46-18-16-44(26)34(45)48-35(2,3)4/h10,12-13,19-21,24,26H,6-9,11,14-18,22-23H2,1-5H3/t24?,26-/m1/s1. The second-order valence-corrected chi connectivity index (χ2v) is 13.5. The Morgan fingerprint density at radius 1 is 1.06 bits per heavy atom. The number of amides is 1. The summed E-state index contributed by atoms with van der Waals surface area (Å²) in [5.41, 5.74) is 1.82. The zero-order valence-electron chi connectivity index (χ0n) is 28.6. The minimum atomic E-state index is -0.978. The summed E-state index contributed by atoms with van der Waals surface area (Å²) in [4.78, 5) is 36.3. The third-order valence-corrected chi connectivity index (χ3v) is 8.55. The van der Waals surface area contributed by atoms with Gasteiger partial charge in [-0.25, -0.2) is 29.1 Å². The zero-order chi connectivity index (χ0) is 34.3. The minimum absolute atomic E-state index is 0.0587. The molecular weight excluding hydrogens is 620 g/mol. The zero-order valence-corrected chi connectivity index (χ0v) is 28.6. The predicted molar refractivity (Wildman–Crippen MR) is 178 cm³/mol. The highest BCUT2D eigenvalue weighted by atomic mass is 19.2. The monoisotopic (exact) mass is 667 g/mol. The number of carbonyl (C=O) groups excluding carboxylic acids is 1. The topological polar surface area (TPSA) is 106 Å². The van der Waals surface area contributed by atoms with Crippen LogP contribution in [-0.2, 0) is 15.9 Å². The van der Waals surface area contributed by atoms with E-state index in [0.29, 0.717) is 56.6 Å². The van der Waals surface area contributed by atoms with E-state index in [9.17, 15) is 13.6 Å². The lowest BCUT2D eigenvalue weighted by Gasteiger charge is -2.38. The first-order valence-corrected chi connectivity index (χ1v) is 16.8. The van der Waals surface area contributed by atoms with Gasteiger partial charge < -0.3 is 24.0 Å². The summed E-state index contributed by atoms with van der Waals surface area (Å²) in [6, 6.07) is 4.33. The summed E-state index contributed by atoms with van der Waals surface area (Å²) >= 11 is 0.